The van der Waals surface area contributed by atoms with Crippen LogP contribution in [-0.2, 0) is 28.7 Å². The van der Waals surface area contributed by atoms with Crippen molar-refractivity contribution in [1.82, 2.24) is 0 Å². The van der Waals surface area contributed by atoms with Crippen LogP contribution >= 0.6 is 0 Å². The number of ether oxygens (including phenoxy) is 1. The summed E-state index contributed by atoms with van der Waals surface area (Å²) in [6.45, 7) is 1.29. The van der Waals surface area contributed by atoms with Gasteiger partial charge in [-0.15, -0.1) is 0 Å². The van der Waals surface area contributed by atoms with Gasteiger partial charge in [-0.25, -0.2) is 0 Å². The first-order chi connectivity index (χ1) is 10.8. The number of aliphatic hydroxyl groups is 3. The summed E-state index contributed by atoms with van der Waals surface area (Å²) in [4.78, 5) is 59.2. The minimum Gasteiger partial charge on any atom is -0.446 e. The second kappa shape index (κ2) is 7.69. The van der Waals surface area contributed by atoms with Gasteiger partial charge in [0.1, 0.15) is 12.2 Å². The SMILES string of the molecule is CC(=O)O[C@@](C(C)=O)([C@H](O)[C@H](O)CO)C(C(C)=O)(C(C)=O)C(=O)F. The van der Waals surface area contributed by atoms with E-state index in [2.05, 4.69) is 4.74 Å². The highest BCUT2D eigenvalue weighted by Gasteiger charge is 2.73. The van der Waals surface area contributed by atoms with Crippen molar-refractivity contribution in [1.29, 1.82) is 0 Å². The van der Waals surface area contributed by atoms with Crippen LogP contribution in [0.2, 0.25) is 0 Å². The lowest BCUT2D eigenvalue weighted by Gasteiger charge is -2.45. The van der Waals surface area contributed by atoms with Gasteiger partial charge >= 0.3 is 12.0 Å². The van der Waals surface area contributed by atoms with Gasteiger partial charge in [-0.1, -0.05) is 0 Å². The number of aliphatic hydroxyl groups excluding tert-OH is 3. The number of hydrogen-bond acceptors (Lipinski definition) is 9. The Kier molecular flexibility index (Phi) is 7.03. The van der Waals surface area contributed by atoms with Crippen LogP contribution in [0, 0.1) is 5.41 Å². The second-order valence-corrected chi connectivity index (χ2v) is 5.22. The average molecular weight is 350 g/mol. The number of rotatable bonds is 9. The molecule has 0 rings (SSSR count). The van der Waals surface area contributed by atoms with Gasteiger partial charge < -0.3 is 20.1 Å². The van der Waals surface area contributed by atoms with E-state index < -0.39 is 59.2 Å². The molecule has 136 valence electrons. The summed E-state index contributed by atoms with van der Waals surface area (Å²) in [7, 11) is 0. The predicted octanol–water partition coefficient (Wildman–Crippen LogP) is -1.75. The van der Waals surface area contributed by atoms with E-state index in [9.17, 15) is 38.6 Å². The smallest absolute Gasteiger partial charge is 0.327 e. The number of Topliss-reactive ketones (excluding diaryl/α,β-unsaturated/α-hetero) is 3. The molecule has 0 aliphatic rings. The van der Waals surface area contributed by atoms with Crippen LogP contribution in [0.4, 0.5) is 4.39 Å². The topological polar surface area (TPSA) is 155 Å². The lowest BCUT2D eigenvalue weighted by molar-refractivity contribution is -0.217. The Morgan fingerprint density at radius 1 is 0.958 bits per heavy atom. The van der Waals surface area contributed by atoms with Crippen molar-refractivity contribution in [2.24, 2.45) is 5.41 Å². The highest BCUT2D eigenvalue weighted by Crippen LogP contribution is 2.43. The number of ketones is 3. The molecule has 0 fully saturated rings. The van der Waals surface area contributed by atoms with Crippen LogP contribution in [-0.4, -0.2) is 69.1 Å². The molecular weight excluding hydrogens is 331 g/mol. The van der Waals surface area contributed by atoms with Crippen molar-refractivity contribution in [3.05, 3.63) is 0 Å². The largest absolute Gasteiger partial charge is 0.446 e. The fourth-order valence-electron chi connectivity index (χ4n) is 2.69. The molecule has 3 atom stereocenters. The highest BCUT2D eigenvalue weighted by atomic mass is 19.1. The predicted molar refractivity (Wildman–Crippen MR) is 74.2 cm³/mol. The van der Waals surface area contributed by atoms with Crippen LogP contribution in [0.15, 0.2) is 0 Å². The highest BCUT2D eigenvalue weighted by molar-refractivity contribution is 6.26. The first kappa shape index (κ1) is 22.0. The summed E-state index contributed by atoms with van der Waals surface area (Å²) in [6.07, 6.45) is -4.87. The number of hydrogen-bond donors (Lipinski definition) is 3. The van der Waals surface area contributed by atoms with Gasteiger partial charge in [0.2, 0.25) is 11.0 Å². The van der Waals surface area contributed by atoms with Gasteiger partial charge in [-0.3, -0.25) is 24.0 Å². The van der Waals surface area contributed by atoms with Crippen LogP contribution in [0.1, 0.15) is 27.7 Å². The molecule has 10 heteroatoms. The summed E-state index contributed by atoms with van der Waals surface area (Å²) in [5, 5.41) is 28.8. The summed E-state index contributed by atoms with van der Waals surface area (Å²) in [5.74, 6) is -5.84. The molecule has 0 aromatic carbocycles. The van der Waals surface area contributed by atoms with Crippen LogP contribution in [0.5, 0.6) is 0 Å². The minimum atomic E-state index is -3.53. The Labute approximate surface area is 136 Å². The quantitative estimate of drug-likeness (QED) is 0.249. The van der Waals surface area contributed by atoms with Crippen molar-refractivity contribution in [3.8, 4) is 0 Å². The molecule has 0 bridgehead atoms. The van der Waals surface area contributed by atoms with E-state index in [0.717, 1.165) is 0 Å². The number of carbonyl (C=O) groups is 5. The Bertz CT molecular complexity index is 535. The van der Waals surface area contributed by atoms with E-state index in [0.29, 0.717) is 27.7 Å². The van der Waals surface area contributed by atoms with E-state index in [4.69, 9.17) is 5.11 Å². The third-order valence-corrected chi connectivity index (χ3v) is 3.70. The molecule has 24 heavy (non-hydrogen) atoms. The monoisotopic (exact) mass is 350 g/mol. The molecule has 0 aromatic heterocycles. The van der Waals surface area contributed by atoms with Crippen LogP contribution in [0.3, 0.4) is 0 Å². The van der Waals surface area contributed by atoms with Crippen LogP contribution in [0.25, 0.3) is 0 Å². The van der Waals surface area contributed by atoms with Crippen molar-refractivity contribution >= 4 is 29.4 Å². The minimum absolute atomic E-state index is 0.581. The average Bonchev–Trinajstić information content (AvgIpc) is 2.42. The molecule has 9 nitrogen and oxygen atoms in total. The van der Waals surface area contributed by atoms with E-state index >= 15 is 0 Å². The molecule has 0 saturated carbocycles. The maximum absolute atomic E-state index is 13.9. The Morgan fingerprint density at radius 2 is 1.38 bits per heavy atom. The zero-order valence-corrected chi connectivity index (χ0v) is 13.5. The van der Waals surface area contributed by atoms with Crippen molar-refractivity contribution in [2.45, 2.75) is 45.5 Å². The van der Waals surface area contributed by atoms with E-state index in [1.165, 1.54) is 0 Å². The molecule has 0 aromatic rings. The first-order valence-corrected chi connectivity index (χ1v) is 6.73. The lowest BCUT2D eigenvalue weighted by atomic mass is 9.61. The molecule has 0 aliphatic carbocycles. The van der Waals surface area contributed by atoms with Gasteiger partial charge in [0.05, 0.1) is 6.61 Å². The van der Waals surface area contributed by atoms with Gasteiger partial charge in [0.25, 0.3) is 0 Å². The number of esters is 1. The maximum Gasteiger partial charge on any atom is 0.327 e. The van der Waals surface area contributed by atoms with Gasteiger partial charge in [-0.05, 0) is 20.8 Å². The van der Waals surface area contributed by atoms with Crippen molar-refractivity contribution in [3.63, 3.8) is 0 Å². The normalized spacial score (nSPS) is 16.5. The lowest BCUT2D eigenvalue weighted by Crippen LogP contribution is -2.72. The molecule has 0 amide bonds. The molecule has 0 aliphatic heterocycles. The summed E-state index contributed by atoms with van der Waals surface area (Å²) in [5.41, 5.74) is -6.91. The second-order valence-electron chi connectivity index (χ2n) is 5.22. The standard InChI is InChI=1S/C14H19FO9/c1-6(17)13(7(2)18,12(15)23)14(8(3)19,24-9(4)20)11(22)10(21)5-16/h10-11,16,21-22H,5H2,1-4H3/t10-,11-,14+/m1/s1. The molecule has 0 heterocycles. The molecule has 3 N–H and O–H groups in total. The summed E-state index contributed by atoms with van der Waals surface area (Å²) >= 11 is 0. The van der Waals surface area contributed by atoms with Crippen LogP contribution < -0.4 is 0 Å². The van der Waals surface area contributed by atoms with Gasteiger partial charge in [0, 0.05) is 6.92 Å². The number of halogens is 1. The van der Waals surface area contributed by atoms with Crippen molar-refractivity contribution < 1.29 is 48.4 Å². The van der Waals surface area contributed by atoms with E-state index in [1.54, 1.807) is 0 Å². The third kappa shape index (κ3) is 3.12. The Balaban J connectivity index is 7.14. The molecule has 0 spiro atoms. The molecule has 0 unspecified atom stereocenters. The van der Waals surface area contributed by atoms with E-state index in [-0.39, 0.29) is 0 Å². The fraction of sp³-hybridized carbons (Fsp3) is 0.643. The zero-order chi connectivity index (χ0) is 19.5. The zero-order valence-electron chi connectivity index (χ0n) is 13.5. The molecule has 0 saturated heterocycles. The Hall–Kier alpha value is -2.04. The number of carbonyl (C=O) groups excluding carboxylic acids is 5. The summed E-state index contributed by atoms with van der Waals surface area (Å²) < 4.78 is 18.5. The molecular formula is C14H19FO9. The summed E-state index contributed by atoms with van der Waals surface area (Å²) in [6, 6.07) is -2.65. The van der Waals surface area contributed by atoms with Crippen molar-refractivity contribution in [2.75, 3.05) is 6.61 Å². The fourth-order valence-corrected chi connectivity index (χ4v) is 2.69. The first-order valence-electron chi connectivity index (χ1n) is 6.73. The molecule has 0 radical (unpaired) electrons. The third-order valence-electron chi connectivity index (χ3n) is 3.70. The Morgan fingerprint density at radius 3 is 1.58 bits per heavy atom. The van der Waals surface area contributed by atoms with Gasteiger partial charge in [0.15, 0.2) is 17.3 Å². The van der Waals surface area contributed by atoms with E-state index in [1.807, 2.05) is 0 Å². The van der Waals surface area contributed by atoms with Gasteiger partial charge in [-0.2, -0.15) is 4.39 Å². The maximum atomic E-state index is 13.9.